The maximum Gasteiger partial charge on any atom is 0.111 e. The summed E-state index contributed by atoms with van der Waals surface area (Å²) < 4.78 is 10.5. The van der Waals surface area contributed by atoms with Crippen LogP contribution >= 0.6 is 0 Å². The number of anilines is 1. The van der Waals surface area contributed by atoms with Crippen molar-refractivity contribution in [1.82, 2.24) is 38.7 Å². The van der Waals surface area contributed by atoms with E-state index in [-0.39, 0.29) is 0 Å². The third-order valence-electron chi connectivity index (χ3n) is 13.3. The fraction of sp³-hybridized carbons (Fsp3) is 0.650. The second-order valence-corrected chi connectivity index (χ2v) is 16.2. The number of fused-ring (bicyclic) bond motifs is 6. The predicted molar refractivity (Wildman–Crippen MR) is 199 cm³/mol. The number of aromatic nitrogens is 4. The number of piperazine rings is 1. The van der Waals surface area contributed by atoms with Crippen LogP contribution in [0.3, 0.4) is 0 Å². The highest BCUT2D eigenvalue weighted by Gasteiger charge is 2.36. The van der Waals surface area contributed by atoms with Gasteiger partial charge in [-0.3, -0.25) is 19.6 Å². The Morgan fingerprint density at radius 2 is 1.28 bits per heavy atom. The molecule has 266 valence electrons. The Hall–Kier alpha value is -3.02. The largest absolute Gasteiger partial charge is 0.379 e. The molecular formula is C40H55N9O. The minimum absolute atomic E-state index is 0.746. The lowest BCUT2D eigenvalue weighted by atomic mass is 9.78. The number of imidazole rings is 2. The molecule has 2 aliphatic carbocycles. The highest BCUT2D eigenvalue weighted by atomic mass is 16.5. The van der Waals surface area contributed by atoms with E-state index >= 15 is 0 Å². The summed E-state index contributed by atoms with van der Waals surface area (Å²) in [6.45, 7) is 17.4. The number of nitrogens with zero attached hydrogens (tertiary/aromatic N) is 9. The Kier molecular flexibility index (Phi) is 8.56. The van der Waals surface area contributed by atoms with Crippen LogP contribution in [0.25, 0.3) is 22.1 Å². The highest BCUT2D eigenvalue weighted by Crippen LogP contribution is 2.35. The van der Waals surface area contributed by atoms with Crippen LogP contribution in [0.1, 0.15) is 49.3 Å². The van der Waals surface area contributed by atoms with E-state index in [9.17, 15) is 0 Å². The number of ether oxygens (including phenoxy) is 1. The molecule has 50 heavy (non-hydrogen) atoms. The quantitative estimate of drug-likeness (QED) is 0.290. The Bertz CT molecular complexity index is 1810. The molecule has 2 aromatic heterocycles. The minimum atomic E-state index is 0.746. The van der Waals surface area contributed by atoms with Crippen LogP contribution < -0.4 is 4.90 Å². The summed E-state index contributed by atoms with van der Waals surface area (Å²) in [4.78, 5) is 23.6. The molecule has 6 heterocycles. The van der Waals surface area contributed by atoms with Crippen LogP contribution in [0.2, 0.25) is 0 Å². The van der Waals surface area contributed by atoms with Crippen molar-refractivity contribution in [1.29, 1.82) is 0 Å². The van der Waals surface area contributed by atoms with E-state index in [2.05, 4.69) is 70.0 Å². The Balaban J connectivity index is 0.689. The van der Waals surface area contributed by atoms with Gasteiger partial charge in [-0.15, -0.1) is 0 Å². The van der Waals surface area contributed by atoms with Gasteiger partial charge in [-0.05, 0) is 67.5 Å². The summed E-state index contributed by atoms with van der Waals surface area (Å²) in [7, 11) is 0. The summed E-state index contributed by atoms with van der Waals surface area (Å²) in [5, 5.41) is 0. The van der Waals surface area contributed by atoms with Crippen molar-refractivity contribution in [2.24, 2.45) is 5.92 Å². The van der Waals surface area contributed by atoms with Crippen molar-refractivity contribution in [2.75, 3.05) is 90.1 Å². The molecule has 2 saturated heterocycles. The van der Waals surface area contributed by atoms with Gasteiger partial charge in [-0.2, -0.15) is 0 Å². The van der Waals surface area contributed by atoms with Gasteiger partial charge in [0.25, 0.3) is 0 Å². The van der Waals surface area contributed by atoms with E-state index in [1.807, 2.05) is 0 Å². The first-order chi connectivity index (χ1) is 24.7. The topological polar surface area (TPSA) is 61.1 Å². The number of benzene rings is 2. The lowest BCUT2D eigenvalue weighted by Gasteiger charge is -2.45. The molecule has 4 aromatic rings. The second-order valence-electron chi connectivity index (χ2n) is 16.2. The number of hydrogen-bond donors (Lipinski definition) is 0. The molecule has 0 radical (unpaired) electrons. The first kappa shape index (κ1) is 31.7. The van der Waals surface area contributed by atoms with Crippen molar-refractivity contribution >= 4 is 27.8 Å². The van der Waals surface area contributed by atoms with Crippen molar-refractivity contribution in [3.8, 4) is 0 Å². The van der Waals surface area contributed by atoms with Gasteiger partial charge in [0.2, 0.25) is 0 Å². The van der Waals surface area contributed by atoms with Crippen LogP contribution in [0.15, 0.2) is 36.4 Å². The Morgan fingerprint density at radius 1 is 0.620 bits per heavy atom. The van der Waals surface area contributed by atoms with Crippen LogP contribution in [-0.4, -0.2) is 136 Å². The molecule has 10 nitrogen and oxygen atoms in total. The molecule has 0 atom stereocenters. The van der Waals surface area contributed by atoms with Crippen LogP contribution in [0.4, 0.5) is 5.69 Å². The molecule has 2 aromatic carbocycles. The van der Waals surface area contributed by atoms with Crippen LogP contribution in [-0.2, 0) is 37.2 Å². The average molecular weight is 678 g/mol. The highest BCUT2D eigenvalue weighted by molar-refractivity contribution is 5.81. The van der Waals surface area contributed by atoms with Gasteiger partial charge in [0, 0.05) is 122 Å². The third-order valence-corrected chi connectivity index (χ3v) is 13.3. The average Bonchev–Trinajstić information content (AvgIpc) is 3.46. The zero-order chi connectivity index (χ0) is 33.0. The minimum Gasteiger partial charge on any atom is -0.379 e. The van der Waals surface area contributed by atoms with Gasteiger partial charge in [0.05, 0.1) is 35.3 Å². The smallest absolute Gasteiger partial charge is 0.111 e. The normalized spacial score (nSPS) is 26.4. The maximum absolute atomic E-state index is 5.53. The SMILES string of the molecule is c1cc2c(cc1CN1CCOCC1)nc1n2CCN(C2CC(CN3CCN(c4ccc5c(c4)nc4n5CCN(C5CCC5)CC4)CC3)C2)CC1. The monoisotopic (exact) mass is 677 g/mol. The Labute approximate surface area is 296 Å². The predicted octanol–water partition coefficient (Wildman–Crippen LogP) is 4.09. The Morgan fingerprint density at radius 3 is 1.96 bits per heavy atom. The number of rotatable bonds is 7. The summed E-state index contributed by atoms with van der Waals surface area (Å²) >= 11 is 0. The maximum atomic E-state index is 5.53. The summed E-state index contributed by atoms with van der Waals surface area (Å²) in [5.74, 6) is 3.41. The summed E-state index contributed by atoms with van der Waals surface area (Å²) in [5.41, 5.74) is 7.73. The molecular weight excluding hydrogens is 623 g/mol. The third kappa shape index (κ3) is 6.15. The van der Waals surface area contributed by atoms with E-state index in [1.165, 1.54) is 110 Å². The molecule has 0 spiro atoms. The molecule has 0 bridgehead atoms. The van der Waals surface area contributed by atoms with E-state index in [1.54, 1.807) is 0 Å². The van der Waals surface area contributed by atoms with Crippen LogP contribution in [0.5, 0.6) is 0 Å². The molecule has 0 unspecified atom stereocenters. The van der Waals surface area contributed by atoms with Crippen molar-refractivity contribution in [3.63, 3.8) is 0 Å². The second kappa shape index (κ2) is 13.5. The summed E-state index contributed by atoms with van der Waals surface area (Å²) in [6.07, 6.45) is 9.05. The zero-order valence-electron chi connectivity index (χ0n) is 29.9. The first-order valence-electron chi connectivity index (χ1n) is 19.9. The summed E-state index contributed by atoms with van der Waals surface area (Å²) in [6, 6.07) is 15.6. The molecule has 0 amide bonds. The van der Waals surface area contributed by atoms with Gasteiger partial charge in [-0.25, -0.2) is 9.97 Å². The molecule has 4 fully saturated rings. The fourth-order valence-corrected chi connectivity index (χ4v) is 9.94. The van der Waals surface area contributed by atoms with Gasteiger partial charge >= 0.3 is 0 Å². The van der Waals surface area contributed by atoms with Gasteiger partial charge in [0.15, 0.2) is 0 Å². The lowest BCUT2D eigenvalue weighted by Crippen LogP contribution is -2.52. The van der Waals surface area contributed by atoms with E-state index in [0.29, 0.717) is 0 Å². The van der Waals surface area contributed by atoms with E-state index in [0.717, 1.165) is 103 Å². The first-order valence-corrected chi connectivity index (χ1v) is 19.9. The molecule has 2 saturated carbocycles. The molecule has 4 aliphatic heterocycles. The van der Waals surface area contributed by atoms with Crippen molar-refractivity contribution in [3.05, 3.63) is 53.6 Å². The zero-order valence-corrected chi connectivity index (χ0v) is 29.9. The molecule has 10 heteroatoms. The van der Waals surface area contributed by atoms with Crippen molar-refractivity contribution in [2.45, 2.75) is 76.7 Å². The molecule has 6 aliphatic rings. The fourth-order valence-electron chi connectivity index (χ4n) is 9.94. The van der Waals surface area contributed by atoms with Gasteiger partial charge in [0.1, 0.15) is 11.6 Å². The van der Waals surface area contributed by atoms with Crippen molar-refractivity contribution < 1.29 is 4.74 Å². The van der Waals surface area contributed by atoms with E-state index in [4.69, 9.17) is 14.7 Å². The number of hydrogen-bond acceptors (Lipinski definition) is 8. The molecule has 10 rings (SSSR count). The molecule has 0 N–H and O–H groups in total. The number of morpholine rings is 1. The van der Waals surface area contributed by atoms with Crippen LogP contribution in [0, 0.1) is 5.92 Å². The van der Waals surface area contributed by atoms with E-state index < -0.39 is 0 Å². The van der Waals surface area contributed by atoms with Gasteiger partial charge in [-0.1, -0.05) is 12.5 Å². The van der Waals surface area contributed by atoms with Gasteiger partial charge < -0.3 is 18.8 Å². The standard InChI is InChI=1S/C40H55N9O/c1-2-32(3-1)45-10-8-40-42-36-27-33(5-7-38(36)49(40)18-16-45)47-14-12-43(13-15-47)29-31-24-34(25-31)46-11-9-39-41-35-26-30(28-44-20-22-50-23-21-44)4-6-37(35)48(39)19-17-46/h4-7,26-27,31-32,34H,1-3,8-25,28-29H2. The lowest BCUT2D eigenvalue weighted by molar-refractivity contribution is 0.0342.